The monoisotopic (exact) mass is 193 g/mol. The van der Waals surface area contributed by atoms with Crippen molar-refractivity contribution in [3.8, 4) is 0 Å². The lowest BCUT2D eigenvalue weighted by Gasteiger charge is -2.09. The van der Waals surface area contributed by atoms with Crippen LogP contribution in [0.25, 0.3) is 0 Å². The first kappa shape index (κ1) is 10.3. The van der Waals surface area contributed by atoms with Crippen LogP contribution in [0.5, 0.6) is 0 Å². The second-order valence-corrected chi connectivity index (χ2v) is 4.11. The molecule has 0 aliphatic rings. The van der Waals surface area contributed by atoms with Crippen LogP contribution in [0.3, 0.4) is 0 Å². The molecule has 1 aromatic heterocycles. The Morgan fingerprint density at radius 2 is 2.46 bits per heavy atom. The van der Waals surface area contributed by atoms with E-state index in [1.165, 1.54) is 12.8 Å². The maximum Gasteiger partial charge on any atom is 0.0965 e. The van der Waals surface area contributed by atoms with E-state index in [1.807, 2.05) is 30.5 Å². The molecule has 1 nitrogen and oxygen atoms in total. The van der Waals surface area contributed by atoms with Crippen LogP contribution < -0.4 is 0 Å². The van der Waals surface area contributed by atoms with E-state index >= 15 is 0 Å². The van der Waals surface area contributed by atoms with E-state index in [9.17, 15) is 0 Å². The molecule has 0 saturated heterocycles. The Bertz CT molecular complexity index is 246. The lowest BCUT2D eigenvalue weighted by atomic mass is 10.2. The fourth-order valence-corrected chi connectivity index (χ4v) is 2.12. The summed E-state index contributed by atoms with van der Waals surface area (Å²) in [5, 5.41) is 1.58. The fourth-order valence-electron chi connectivity index (χ4n) is 1.08. The van der Waals surface area contributed by atoms with Crippen molar-refractivity contribution in [3.63, 3.8) is 0 Å². The minimum atomic E-state index is 0.500. The van der Waals surface area contributed by atoms with Gasteiger partial charge < -0.3 is 0 Å². The molecule has 0 bridgehead atoms. The molecule has 0 fully saturated rings. The highest BCUT2D eigenvalue weighted by Crippen LogP contribution is 2.24. The molecule has 2 heteroatoms. The summed E-state index contributed by atoms with van der Waals surface area (Å²) in [5.74, 6) is 0. The average Bonchev–Trinajstić information content (AvgIpc) is 2.19. The van der Waals surface area contributed by atoms with Crippen LogP contribution in [0.15, 0.2) is 42.1 Å². The zero-order chi connectivity index (χ0) is 9.52. The third kappa shape index (κ3) is 3.64. The zero-order valence-corrected chi connectivity index (χ0v) is 8.76. The molecular weight excluding hydrogens is 178 g/mol. The Morgan fingerprint density at radius 3 is 3.00 bits per heavy atom. The van der Waals surface area contributed by atoms with Gasteiger partial charge in [-0.25, -0.2) is 4.98 Å². The first-order chi connectivity index (χ1) is 6.36. The highest BCUT2D eigenvalue weighted by molar-refractivity contribution is 8.00. The maximum atomic E-state index is 4.26. The van der Waals surface area contributed by atoms with Crippen molar-refractivity contribution >= 4 is 11.8 Å². The predicted octanol–water partition coefficient (Wildman–Crippen LogP) is 3.53. The summed E-state index contributed by atoms with van der Waals surface area (Å²) in [7, 11) is 0. The normalized spacial score (nSPS) is 12.4. The largest absolute Gasteiger partial charge is 0.250 e. The fraction of sp³-hybridized carbons (Fsp3) is 0.364. The van der Waals surface area contributed by atoms with Crippen molar-refractivity contribution < 1.29 is 0 Å². The number of rotatable bonds is 5. The van der Waals surface area contributed by atoms with Gasteiger partial charge >= 0.3 is 0 Å². The molecule has 0 spiro atoms. The average molecular weight is 193 g/mol. The van der Waals surface area contributed by atoms with Gasteiger partial charge in [-0.3, -0.25) is 0 Å². The quantitative estimate of drug-likeness (QED) is 0.524. The van der Waals surface area contributed by atoms with Gasteiger partial charge in [0.15, 0.2) is 0 Å². The highest BCUT2D eigenvalue weighted by atomic mass is 32.2. The summed E-state index contributed by atoms with van der Waals surface area (Å²) in [6, 6.07) is 5.99. The van der Waals surface area contributed by atoms with Crippen LogP contribution >= 0.6 is 11.8 Å². The van der Waals surface area contributed by atoms with E-state index in [-0.39, 0.29) is 0 Å². The van der Waals surface area contributed by atoms with Crippen molar-refractivity contribution in [2.75, 3.05) is 0 Å². The van der Waals surface area contributed by atoms with Gasteiger partial charge in [-0.15, -0.1) is 6.58 Å². The molecule has 0 saturated carbocycles. The van der Waals surface area contributed by atoms with E-state index in [2.05, 4.69) is 18.5 Å². The number of hydrogen-bond acceptors (Lipinski definition) is 2. The van der Waals surface area contributed by atoms with Crippen LogP contribution in [0.1, 0.15) is 19.8 Å². The molecule has 0 amide bonds. The van der Waals surface area contributed by atoms with Crippen molar-refractivity contribution in [2.45, 2.75) is 30.0 Å². The lowest BCUT2D eigenvalue weighted by Crippen LogP contribution is -1.96. The summed E-state index contributed by atoms with van der Waals surface area (Å²) in [5.41, 5.74) is 0. The van der Waals surface area contributed by atoms with E-state index < -0.39 is 0 Å². The number of nitrogens with zero attached hydrogens (tertiary/aromatic N) is 1. The molecule has 1 aromatic rings. The van der Waals surface area contributed by atoms with Gasteiger partial charge in [0.1, 0.15) is 0 Å². The molecule has 0 N–H and O–H groups in total. The smallest absolute Gasteiger partial charge is 0.0965 e. The van der Waals surface area contributed by atoms with Gasteiger partial charge in [-0.2, -0.15) is 0 Å². The first-order valence-electron chi connectivity index (χ1n) is 4.57. The summed E-state index contributed by atoms with van der Waals surface area (Å²) >= 11 is 1.78. The van der Waals surface area contributed by atoms with Gasteiger partial charge in [-0.05, 0) is 18.6 Å². The Labute approximate surface area is 84.3 Å². The van der Waals surface area contributed by atoms with E-state index in [0.29, 0.717) is 5.25 Å². The molecule has 0 radical (unpaired) electrons. The topological polar surface area (TPSA) is 12.9 Å². The zero-order valence-electron chi connectivity index (χ0n) is 7.94. The van der Waals surface area contributed by atoms with Gasteiger partial charge in [0, 0.05) is 11.4 Å². The molecule has 1 heterocycles. The number of aromatic nitrogens is 1. The molecule has 13 heavy (non-hydrogen) atoms. The van der Waals surface area contributed by atoms with Crippen molar-refractivity contribution in [1.29, 1.82) is 0 Å². The standard InChI is InChI=1S/C11H15NS/c1-3-7-10(4-2)13-11-8-5-6-9-12-11/h4-6,8-10H,2-3,7H2,1H3. The Balaban J connectivity index is 2.51. The third-order valence-corrected chi connectivity index (χ3v) is 2.96. The Hall–Kier alpha value is -0.760. The van der Waals surface area contributed by atoms with Gasteiger partial charge in [0.2, 0.25) is 0 Å². The van der Waals surface area contributed by atoms with Gasteiger partial charge in [0.25, 0.3) is 0 Å². The summed E-state index contributed by atoms with van der Waals surface area (Å²) in [6.45, 7) is 6.02. The first-order valence-corrected chi connectivity index (χ1v) is 5.45. The van der Waals surface area contributed by atoms with Crippen LogP contribution in [-0.2, 0) is 0 Å². The van der Waals surface area contributed by atoms with Crippen LogP contribution in [-0.4, -0.2) is 10.2 Å². The van der Waals surface area contributed by atoms with E-state index in [1.54, 1.807) is 11.8 Å². The predicted molar refractivity (Wildman–Crippen MR) is 59.0 cm³/mol. The number of pyridine rings is 1. The Kier molecular flexibility index (Phi) is 4.61. The Morgan fingerprint density at radius 1 is 1.62 bits per heavy atom. The van der Waals surface area contributed by atoms with Gasteiger partial charge in [-0.1, -0.05) is 37.2 Å². The lowest BCUT2D eigenvalue weighted by molar-refractivity contribution is 0.826. The van der Waals surface area contributed by atoms with Crippen molar-refractivity contribution in [2.24, 2.45) is 0 Å². The molecule has 0 aliphatic carbocycles. The maximum absolute atomic E-state index is 4.26. The van der Waals surface area contributed by atoms with Crippen molar-refractivity contribution in [3.05, 3.63) is 37.1 Å². The minimum absolute atomic E-state index is 0.500. The van der Waals surface area contributed by atoms with Crippen LogP contribution in [0, 0.1) is 0 Å². The van der Waals surface area contributed by atoms with E-state index in [0.717, 1.165) is 5.03 Å². The summed E-state index contributed by atoms with van der Waals surface area (Å²) in [6.07, 6.45) is 6.19. The van der Waals surface area contributed by atoms with E-state index in [4.69, 9.17) is 0 Å². The van der Waals surface area contributed by atoms with Crippen LogP contribution in [0.4, 0.5) is 0 Å². The minimum Gasteiger partial charge on any atom is -0.250 e. The van der Waals surface area contributed by atoms with Crippen molar-refractivity contribution in [1.82, 2.24) is 4.98 Å². The second kappa shape index (κ2) is 5.81. The molecule has 70 valence electrons. The summed E-state index contributed by atoms with van der Waals surface area (Å²) in [4.78, 5) is 4.26. The SMILES string of the molecule is C=CC(CCC)Sc1ccccn1. The molecule has 1 rings (SSSR count). The van der Waals surface area contributed by atoms with Crippen LogP contribution in [0.2, 0.25) is 0 Å². The van der Waals surface area contributed by atoms with Gasteiger partial charge in [0.05, 0.1) is 5.03 Å². The number of thioether (sulfide) groups is 1. The molecule has 1 atom stereocenters. The molecule has 0 aliphatic heterocycles. The molecular formula is C11H15NS. The molecule has 0 aromatic carbocycles. The highest BCUT2D eigenvalue weighted by Gasteiger charge is 2.04. The summed E-state index contributed by atoms with van der Waals surface area (Å²) < 4.78 is 0. The second-order valence-electron chi connectivity index (χ2n) is 2.85. The number of hydrogen-bond donors (Lipinski definition) is 0. The molecule has 1 unspecified atom stereocenters. The third-order valence-electron chi connectivity index (χ3n) is 1.75.